The third-order valence-electron chi connectivity index (χ3n) is 6.79. The Balaban J connectivity index is 1.11. The van der Waals surface area contributed by atoms with Gasteiger partial charge in [-0.1, -0.05) is 39.0 Å². The summed E-state index contributed by atoms with van der Waals surface area (Å²) in [6.45, 7) is 13.4. The molecule has 0 atom stereocenters. The lowest BCUT2D eigenvalue weighted by Crippen LogP contribution is -2.15. The lowest BCUT2D eigenvalue weighted by atomic mass is 9.84. The van der Waals surface area contributed by atoms with Gasteiger partial charge in [-0.15, -0.1) is 14.1 Å². The van der Waals surface area contributed by atoms with Crippen LogP contribution >= 0.6 is 0 Å². The number of phenols is 1. The molecular weight excluding hydrogens is 542 g/mol. The highest BCUT2D eigenvalue weighted by Gasteiger charge is 2.29. The third-order valence-corrected chi connectivity index (χ3v) is 6.79. The van der Waals surface area contributed by atoms with Crippen LogP contribution in [0, 0.1) is 0 Å². The lowest BCUT2D eigenvalue weighted by Gasteiger charge is -2.22. The molecule has 2 aromatic carbocycles. The highest BCUT2D eigenvalue weighted by molar-refractivity contribution is 5.79. The molecule has 0 saturated carbocycles. The Morgan fingerprint density at radius 3 is 1.76 bits per heavy atom. The minimum atomic E-state index is -0.285. The third kappa shape index (κ3) is 8.48. The summed E-state index contributed by atoms with van der Waals surface area (Å²) >= 11 is 0. The number of carbonyl (C=O) groups excluding carboxylic acids is 1. The molecule has 11 heteroatoms. The van der Waals surface area contributed by atoms with E-state index in [1.807, 2.05) is 57.4 Å². The number of fused-ring (bicyclic) bond motifs is 4. The van der Waals surface area contributed by atoms with Crippen molar-refractivity contribution in [3.63, 3.8) is 0 Å². The fraction of sp³-hybridized carbons (Fsp3) is 0.581. The minimum absolute atomic E-state index is 0.190. The van der Waals surface area contributed by atoms with Crippen LogP contribution in [-0.4, -0.2) is 97.8 Å². The first-order valence-corrected chi connectivity index (χ1v) is 14.7. The number of hydrogen-bond donors (Lipinski definition) is 1. The summed E-state index contributed by atoms with van der Waals surface area (Å²) in [5, 5.41) is 11.2. The van der Waals surface area contributed by atoms with Crippen molar-refractivity contribution in [2.75, 3.05) is 72.7 Å². The van der Waals surface area contributed by atoms with Crippen LogP contribution in [0.2, 0.25) is 0 Å². The zero-order valence-electron chi connectivity index (χ0n) is 25.3. The van der Waals surface area contributed by atoms with Crippen LogP contribution in [0.1, 0.15) is 45.2 Å². The first kappa shape index (κ1) is 31.8. The molecule has 0 aliphatic rings. The maximum Gasteiger partial charge on any atom is 0.306 e. The average molecular weight is 588 g/mol. The van der Waals surface area contributed by atoms with E-state index in [4.69, 9.17) is 28.4 Å². The van der Waals surface area contributed by atoms with Crippen LogP contribution in [0.4, 0.5) is 0 Å². The fourth-order valence-corrected chi connectivity index (χ4v) is 4.60. The summed E-state index contributed by atoms with van der Waals surface area (Å²) < 4.78 is 36.3. The van der Waals surface area contributed by atoms with E-state index in [1.54, 1.807) is 0 Å². The van der Waals surface area contributed by atoms with Crippen molar-refractivity contribution in [3.05, 3.63) is 47.5 Å². The van der Waals surface area contributed by atoms with E-state index in [2.05, 4.69) is 20.8 Å². The number of phenolic OH excluding ortho intramolecular Hbond substituents is 1. The van der Waals surface area contributed by atoms with Crippen molar-refractivity contribution in [2.45, 2.75) is 46.0 Å². The zero-order chi connectivity index (χ0) is 30.0. The van der Waals surface area contributed by atoms with Crippen LogP contribution in [0.15, 0.2) is 36.4 Å². The molecule has 232 valence electrons. The van der Waals surface area contributed by atoms with Gasteiger partial charge in [-0.05, 0) is 42.5 Å². The molecule has 0 fully saturated rings. The largest absolute Gasteiger partial charge is 0.505 e. The molecule has 0 spiro atoms. The Labute approximate surface area is 247 Å². The number of aromatic nitrogens is 3. The number of rotatable bonds is 20. The minimum Gasteiger partial charge on any atom is -0.505 e. The second-order valence-electron chi connectivity index (χ2n) is 11.0. The molecule has 4 aromatic rings. The Kier molecular flexibility index (Phi) is 11.7. The summed E-state index contributed by atoms with van der Waals surface area (Å²) in [5.41, 5.74) is 4.43. The first-order valence-electron chi connectivity index (χ1n) is 14.7. The maximum absolute atomic E-state index is 12.4. The molecule has 2 heterocycles. The summed E-state index contributed by atoms with van der Waals surface area (Å²) in [5.74, 6) is -0.0334. The molecular formula is C31H45N3O8. The summed E-state index contributed by atoms with van der Waals surface area (Å²) in [6, 6.07) is 12.0. The SMILES string of the molecule is CCOCCOCCOCCOCCOCCOC(=O)CCc1cc(-n2n3c4ccccc4n23)c(O)c(C(C)(C)C)c1. The van der Waals surface area contributed by atoms with Crippen molar-refractivity contribution in [1.29, 1.82) is 0 Å². The number of hydrogen-bond acceptors (Lipinski definition) is 8. The van der Waals surface area contributed by atoms with Crippen molar-refractivity contribution in [1.82, 2.24) is 14.1 Å². The highest BCUT2D eigenvalue weighted by atomic mass is 16.6. The van der Waals surface area contributed by atoms with Gasteiger partial charge in [0.1, 0.15) is 29.1 Å². The summed E-state index contributed by atoms with van der Waals surface area (Å²) in [6.07, 6.45) is 0.744. The second-order valence-corrected chi connectivity index (χ2v) is 11.0. The molecule has 1 N–H and O–H groups in total. The highest BCUT2D eigenvalue weighted by Crippen LogP contribution is 2.39. The molecule has 0 bridgehead atoms. The second kappa shape index (κ2) is 15.4. The molecule has 0 aliphatic heterocycles. The number of ether oxygens (including phenoxy) is 6. The van der Waals surface area contributed by atoms with Gasteiger partial charge in [-0.2, -0.15) is 0 Å². The molecule has 2 aromatic heterocycles. The van der Waals surface area contributed by atoms with Gasteiger partial charge < -0.3 is 33.5 Å². The van der Waals surface area contributed by atoms with E-state index in [-0.39, 0.29) is 30.2 Å². The monoisotopic (exact) mass is 587 g/mol. The number of carbonyl (C=O) groups is 1. The lowest BCUT2D eigenvalue weighted by molar-refractivity contribution is -0.145. The molecule has 0 aliphatic carbocycles. The van der Waals surface area contributed by atoms with Crippen LogP contribution in [0.5, 0.6) is 5.75 Å². The van der Waals surface area contributed by atoms with Gasteiger partial charge in [0.05, 0.1) is 59.5 Å². The van der Waals surface area contributed by atoms with Gasteiger partial charge in [0, 0.05) is 18.6 Å². The van der Waals surface area contributed by atoms with Crippen LogP contribution in [0.25, 0.3) is 16.7 Å². The first-order chi connectivity index (χ1) is 20.3. The predicted octanol–water partition coefficient (Wildman–Crippen LogP) is 4.00. The topological polar surface area (TPSA) is 106 Å². The van der Waals surface area contributed by atoms with E-state index in [1.165, 1.54) is 0 Å². The smallest absolute Gasteiger partial charge is 0.306 e. The summed E-state index contributed by atoms with van der Waals surface area (Å²) in [4.78, 5) is 14.4. The van der Waals surface area contributed by atoms with Crippen molar-refractivity contribution in [2.24, 2.45) is 0 Å². The number of aromatic hydroxyl groups is 1. The zero-order valence-corrected chi connectivity index (χ0v) is 25.3. The molecule has 11 nitrogen and oxygen atoms in total. The van der Waals surface area contributed by atoms with Crippen molar-refractivity contribution in [3.8, 4) is 11.4 Å². The predicted molar refractivity (Wildman–Crippen MR) is 158 cm³/mol. The molecule has 0 amide bonds. The van der Waals surface area contributed by atoms with Crippen molar-refractivity contribution < 1.29 is 38.3 Å². The molecule has 0 radical (unpaired) electrons. The van der Waals surface area contributed by atoms with Gasteiger partial charge in [0.2, 0.25) is 0 Å². The molecule has 0 saturated heterocycles. The maximum atomic E-state index is 12.4. The Bertz CT molecular complexity index is 1320. The molecule has 4 rings (SSSR count). The average Bonchev–Trinajstić information content (AvgIpc) is 3.63. The van der Waals surface area contributed by atoms with Crippen LogP contribution in [-0.2, 0) is 45.1 Å². The quantitative estimate of drug-likeness (QED) is 0.122. The van der Waals surface area contributed by atoms with E-state index < -0.39 is 0 Å². The van der Waals surface area contributed by atoms with E-state index in [9.17, 15) is 9.90 Å². The van der Waals surface area contributed by atoms with E-state index in [0.717, 1.165) is 22.2 Å². The van der Waals surface area contributed by atoms with E-state index >= 15 is 0 Å². The van der Waals surface area contributed by atoms with Crippen LogP contribution in [0.3, 0.4) is 0 Å². The Morgan fingerprint density at radius 1 is 0.762 bits per heavy atom. The standard InChI is InChI=1S/C31H45N3O8/c1-5-37-12-13-38-14-15-39-16-17-40-18-19-41-20-21-42-29(35)11-10-24-22-25(31(2,3)4)30(36)28(23-24)34-32-26-8-6-7-9-27(26)33(32)34/h6-9,22-23,36H,5,10-21H2,1-4H3. The molecule has 42 heavy (non-hydrogen) atoms. The molecule has 0 unspecified atom stereocenters. The Hall–Kier alpha value is -3.09. The van der Waals surface area contributed by atoms with Gasteiger partial charge in [0.15, 0.2) is 0 Å². The van der Waals surface area contributed by atoms with Crippen molar-refractivity contribution >= 4 is 17.0 Å². The summed E-state index contributed by atoms with van der Waals surface area (Å²) in [7, 11) is 0. The van der Waals surface area contributed by atoms with Gasteiger partial charge >= 0.3 is 5.97 Å². The normalized spacial score (nSPS) is 12.3. The fourth-order valence-electron chi connectivity index (χ4n) is 4.60. The van der Waals surface area contributed by atoms with Gasteiger partial charge in [-0.3, -0.25) is 4.79 Å². The van der Waals surface area contributed by atoms with E-state index in [0.29, 0.717) is 78.2 Å². The number of nitrogens with zero attached hydrogens (tertiary/aromatic N) is 3. The van der Waals surface area contributed by atoms with Crippen LogP contribution < -0.4 is 0 Å². The van der Waals surface area contributed by atoms with Gasteiger partial charge in [0.25, 0.3) is 0 Å². The number of aryl methyl sites for hydroxylation is 1. The van der Waals surface area contributed by atoms with Gasteiger partial charge in [-0.25, -0.2) is 0 Å². The number of benzene rings is 2. The number of para-hydroxylation sites is 2. The number of esters is 1. The Morgan fingerprint density at radius 2 is 1.26 bits per heavy atom.